The third kappa shape index (κ3) is 1.35. The van der Waals surface area contributed by atoms with Crippen molar-refractivity contribution in [2.45, 2.75) is 19.0 Å². The van der Waals surface area contributed by atoms with Crippen molar-refractivity contribution in [2.24, 2.45) is 0 Å². The number of likely N-dealkylation sites (N-methyl/N-ethyl adjacent to an activating group) is 1. The molecule has 0 saturated carbocycles. The molecule has 1 heterocycles. The van der Waals surface area contributed by atoms with Crippen molar-refractivity contribution in [2.75, 3.05) is 7.05 Å². The Labute approximate surface area is 83.7 Å². The maximum Gasteiger partial charge on any atom is 0.318 e. The summed E-state index contributed by atoms with van der Waals surface area (Å²) in [6.45, 7) is 2.03. The third-order valence-electron chi connectivity index (χ3n) is 2.70. The summed E-state index contributed by atoms with van der Waals surface area (Å²) >= 11 is 0. The minimum absolute atomic E-state index is 0.00588. The Kier molecular flexibility index (Phi) is 2.15. The Hall–Kier alpha value is -1.51. The van der Waals surface area contributed by atoms with Crippen LogP contribution in [0.2, 0.25) is 0 Å². The highest BCUT2D eigenvalue weighted by Gasteiger charge is 2.34. The fourth-order valence-electron chi connectivity index (χ4n) is 2.00. The summed E-state index contributed by atoms with van der Waals surface area (Å²) in [7, 11) is 1.83. The zero-order valence-corrected chi connectivity index (χ0v) is 8.40. The number of nitrogens with zero attached hydrogens (tertiary/aromatic N) is 1. The molecule has 2 rings (SSSR count). The molecule has 2 atom stereocenters. The van der Waals surface area contributed by atoms with Gasteiger partial charge >= 0.3 is 6.03 Å². The van der Waals surface area contributed by atoms with E-state index >= 15 is 0 Å². The van der Waals surface area contributed by atoms with Gasteiger partial charge in [-0.05, 0) is 12.5 Å². The summed E-state index contributed by atoms with van der Waals surface area (Å²) in [4.78, 5) is 13.1. The van der Waals surface area contributed by atoms with Crippen molar-refractivity contribution in [3.63, 3.8) is 0 Å². The molecule has 1 saturated heterocycles. The topological polar surface area (TPSA) is 32.3 Å². The van der Waals surface area contributed by atoms with Crippen LogP contribution < -0.4 is 5.32 Å². The Morgan fingerprint density at radius 2 is 1.93 bits per heavy atom. The molecular formula is C11H14N2O. The van der Waals surface area contributed by atoms with Gasteiger partial charge in [0, 0.05) is 7.05 Å². The average Bonchev–Trinajstić information content (AvgIpc) is 2.43. The van der Waals surface area contributed by atoms with E-state index in [2.05, 4.69) is 17.4 Å². The highest BCUT2D eigenvalue weighted by Crippen LogP contribution is 2.27. The maximum absolute atomic E-state index is 11.4. The van der Waals surface area contributed by atoms with Crippen LogP contribution in [-0.4, -0.2) is 24.0 Å². The molecule has 74 valence electrons. The first kappa shape index (κ1) is 9.06. The molecule has 0 bridgehead atoms. The summed E-state index contributed by atoms with van der Waals surface area (Å²) in [5, 5.41) is 2.90. The third-order valence-corrected chi connectivity index (χ3v) is 2.70. The summed E-state index contributed by atoms with van der Waals surface area (Å²) in [5.74, 6) is 0. The van der Waals surface area contributed by atoms with Gasteiger partial charge in [-0.1, -0.05) is 30.3 Å². The van der Waals surface area contributed by atoms with Crippen molar-refractivity contribution in [1.82, 2.24) is 10.2 Å². The van der Waals surface area contributed by atoms with Gasteiger partial charge in [0.25, 0.3) is 0 Å². The molecule has 14 heavy (non-hydrogen) atoms. The van der Waals surface area contributed by atoms with Crippen LogP contribution in [0.5, 0.6) is 0 Å². The zero-order chi connectivity index (χ0) is 10.1. The summed E-state index contributed by atoms with van der Waals surface area (Å²) in [6.07, 6.45) is 0. The predicted molar refractivity (Wildman–Crippen MR) is 54.9 cm³/mol. The second-order valence-corrected chi connectivity index (χ2v) is 3.70. The molecule has 0 unspecified atom stereocenters. The highest BCUT2D eigenvalue weighted by atomic mass is 16.2. The zero-order valence-electron chi connectivity index (χ0n) is 8.40. The first-order valence-electron chi connectivity index (χ1n) is 4.78. The van der Waals surface area contributed by atoms with Crippen molar-refractivity contribution in [3.8, 4) is 0 Å². The van der Waals surface area contributed by atoms with E-state index in [1.54, 1.807) is 4.90 Å². The second kappa shape index (κ2) is 3.33. The second-order valence-electron chi connectivity index (χ2n) is 3.70. The Bertz CT molecular complexity index is 336. The lowest BCUT2D eigenvalue weighted by atomic mass is 10.0. The highest BCUT2D eigenvalue weighted by molar-refractivity contribution is 5.77. The SMILES string of the molecule is C[C@H]1NC(=O)N(C)[C@H]1c1ccccc1. The molecule has 0 aliphatic carbocycles. The number of benzene rings is 1. The Morgan fingerprint density at radius 1 is 1.29 bits per heavy atom. The number of urea groups is 1. The average molecular weight is 190 g/mol. The number of nitrogens with one attached hydrogen (secondary N) is 1. The number of carbonyl (C=O) groups excluding carboxylic acids is 1. The van der Waals surface area contributed by atoms with Crippen LogP contribution in [0.1, 0.15) is 18.5 Å². The fraction of sp³-hybridized carbons (Fsp3) is 0.364. The largest absolute Gasteiger partial charge is 0.333 e. The van der Waals surface area contributed by atoms with E-state index in [1.807, 2.05) is 32.2 Å². The van der Waals surface area contributed by atoms with Crippen LogP contribution in [0.4, 0.5) is 4.79 Å². The minimum atomic E-state index is 0.00588. The molecular weight excluding hydrogens is 176 g/mol. The molecule has 3 heteroatoms. The first-order valence-corrected chi connectivity index (χ1v) is 4.78. The molecule has 1 aliphatic heterocycles. The van der Waals surface area contributed by atoms with Crippen molar-refractivity contribution >= 4 is 6.03 Å². The smallest absolute Gasteiger partial charge is 0.318 e. The lowest BCUT2D eigenvalue weighted by Crippen LogP contribution is -2.25. The fourth-order valence-corrected chi connectivity index (χ4v) is 2.00. The van der Waals surface area contributed by atoms with Crippen molar-refractivity contribution in [3.05, 3.63) is 35.9 Å². The quantitative estimate of drug-likeness (QED) is 0.719. The molecule has 3 nitrogen and oxygen atoms in total. The summed E-state index contributed by atoms with van der Waals surface area (Å²) < 4.78 is 0. The van der Waals surface area contributed by atoms with Gasteiger partial charge in [0.05, 0.1) is 12.1 Å². The van der Waals surface area contributed by atoms with Gasteiger partial charge < -0.3 is 10.2 Å². The van der Waals surface area contributed by atoms with Gasteiger partial charge in [-0.3, -0.25) is 0 Å². The van der Waals surface area contributed by atoms with Crippen molar-refractivity contribution < 1.29 is 4.79 Å². The van der Waals surface area contributed by atoms with E-state index in [4.69, 9.17) is 0 Å². The van der Waals surface area contributed by atoms with Gasteiger partial charge in [0.15, 0.2) is 0 Å². The number of hydrogen-bond donors (Lipinski definition) is 1. The van der Waals surface area contributed by atoms with E-state index in [1.165, 1.54) is 5.56 Å². The maximum atomic E-state index is 11.4. The molecule has 0 spiro atoms. The van der Waals surface area contributed by atoms with Crippen molar-refractivity contribution in [1.29, 1.82) is 0 Å². The molecule has 2 amide bonds. The van der Waals surface area contributed by atoms with E-state index in [0.717, 1.165) is 0 Å². The molecule has 1 aromatic rings. The van der Waals surface area contributed by atoms with E-state index < -0.39 is 0 Å². The predicted octanol–water partition coefficient (Wildman–Crippen LogP) is 1.77. The summed E-state index contributed by atoms with van der Waals surface area (Å²) in [5.41, 5.74) is 1.18. The summed E-state index contributed by atoms with van der Waals surface area (Å²) in [6, 6.07) is 10.4. The molecule has 1 aromatic carbocycles. The van der Waals surface area contributed by atoms with E-state index in [-0.39, 0.29) is 18.1 Å². The number of amides is 2. The lowest BCUT2D eigenvalue weighted by molar-refractivity contribution is 0.216. The van der Waals surface area contributed by atoms with Gasteiger partial charge in [-0.2, -0.15) is 0 Å². The molecule has 1 aliphatic rings. The van der Waals surface area contributed by atoms with E-state index in [0.29, 0.717) is 0 Å². The van der Waals surface area contributed by atoms with Crippen LogP contribution >= 0.6 is 0 Å². The monoisotopic (exact) mass is 190 g/mol. The molecule has 0 radical (unpaired) electrons. The van der Waals surface area contributed by atoms with E-state index in [9.17, 15) is 4.79 Å². The van der Waals surface area contributed by atoms with Crippen LogP contribution in [0, 0.1) is 0 Å². The molecule has 1 N–H and O–H groups in total. The minimum Gasteiger partial charge on any atom is -0.333 e. The van der Waals surface area contributed by atoms with Gasteiger partial charge in [-0.25, -0.2) is 4.79 Å². The van der Waals surface area contributed by atoms with Crippen LogP contribution in [0.15, 0.2) is 30.3 Å². The van der Waals surface area contributed by atoms with Crippen LogP contribution in [-0.2, 0) is 0 Å². The number of carbonyl (C=O) groups is 1. The van der Waals surface area contributed by atoms with Crippen LogP contribution in [0.25, 0.3) is 0 Å². The molecule has 0 aromatic heterocycles. The van der Waals surface area contributed by atoms with Gasteiger partial charge in [0.1, 0.15) is 0 Å². The first-order chi connectivity index (χ1) is 6.70. The number of rotatable bonds is 1. The molecule has 1 fully saturated rings. The van der Waals surface area contributed by atoms with Crippen LogP contribution in [0.3, 0.4) is 0 Å². The normalized spacial score (nSPS) is 26.4. The Morgan fingerprint density at radius 3 is 2.43 bits per heavy atom. The van der Waals surface area contributed by atoms with Gasteiger partial charge in [-0.15, -0.1) is 0 Å². The number of hydrogen-bond acceptors (Lipinski definition) is 1. The standard InChI is InChI=1S/C11H14N2O/c1-8-10(13(2)11(14)12-8)9-6-4-3-5-7-9/h3-8,10H,1-2H3,(H,12,14)/t8-,10-/m1/s1. The Balaban J connectivity index is 2.31. The van der Waals surface area contributed by atoms with Gasteiger partial charge in [0.2, 0.25) is 0 Å². The lowest BCUT2D eigenvalue weighted by Gasteiger charge is -2.21.